The van der Waals surface area contributed by atoms with Gasteiger partial charge >= 0.3 is 0 Å². The first kappa shape index (κ1) is 11.3. The average Bonchev–Trinajstić information content (AvgIpc) is 2.52. The van der Waals surface area contributed by atoms with Gasteiger partial charge in [0.25, 0.3) is 0 Å². The van der Waals surface area contributed by atoms with Crippen molar-refractivity contribution in [1.82, 2.24) is 4.98 Å². The summed E-state index contributed by atoms with van der Waals surface area (Å²) < 4.78 is 38.3. The van der Waals surface area contributed by atoms with Crippen molar-refractivity contribution in [2.45, 2.75) is 6.92 Å². The first-order valence-electron chi connectivity index (χ1n) is 4.40. The van der Waals surface area contributed by atoms with Gasteiger partial charge in [-0.2, -0.15) is 0 Å². The van der Waals surface area contributed by atoms with Crippen molar-refractivity contribution in [2.24, 2.45) is 0 Å². The summed E-state index contributed by atoms with van der Waals surface area (Å²) in [6.45, 7) is 1.61. The van der Waals surface area contributed by atoms with Crippen LogP contribution in [0.2, 0.25) is 0 Å². The molecule has 0 aliphatic rings. The van der Waals surface area contributed by atoms with Crippen molar-refractivity contribution in [1.29, 1.82) is 0 Å². The lowest BCUT2D eigenvalue weighted by Crippen LogP contribution is -2.08. The summed E-state index contributed by atoms with van der Waals surface area (Å²) in [6, 6.07) is 2.93. The van der Waals surface area contributed by atoms with E-state index in [4.69, 9.17) is 0 Å². The predicted molar refractivity (Wildman–Crippen MR) is 62.8 cm³/mol. The predicted octanol–water partition coefficient (Wildman–Crippen LogP) is 2.12. The molecule has 0 radical (unpaired) electrons. The van der Waals surface area contributed by atoms with Crippen LogP contribution in [0.3, 0.4) is 0 Å². The van der Waals surface area contributed by atoms with E-state index in [9.17, 15) is 12.8 Å². The molecule has 2 rings (SSSR count). The second-order valence-electron chi connectivity index (χ2n) is 3.41. The van der Waals surface area contributed by atoms with Crippen LogP contribution in [0.15, 0.2) is 12.1 Å². The zero-order valence-electron chi connectivity index (χ0n) is 8.61. The van der Waals surface area contributed by atoms with Gasteiger partial charge in [0.05, 0.1) is 16.5 Å². The molecule has 0 fully saturated rings. The minimum absolute atomic E-state index is 0.256. The standard InChI is InChI=1S/C9H9FN2O2S2/c1-5-6(10)3-4-7-8(5)11-9(15-7)12-16(2,13)14/h3-4H,1-2H3,(H,11,12). The Morgan fingerprint density at radius 1 is 1.44 bits per heavy atom. The normalized spacial score (nSPS) is 11.9. The van der Waals surface area contributed by atoms with Crippen molar-refractivity contribution in [3.8, 4) is 0 Å². The lowest BCUT2D eigenvalue weighted by molar-refractivity contribution is 0.607. The van der Waals surface area contributed by atoms with E-state index in [-0.39, 0.29) is 10.9 Å². The molecule has 16 heavy (non-hydrogen) atoms. The molecule has 0 bridgehead atoms. The second kappa shape index (κ2) is 3.67. The number of halogens is 1. The molecule has 1 aromatic carbocycles. The molecular formula is C9H9FN2O2S2. The molecular weight excluding hydrogens is 251 g/mol. The number of hydrogen-bond acceptors (Lipinski definition) is 4. The number of aryl methyl sites for hydroxylation is 1. The van der Waals surface area contributed by atoms with Gasteiger partial charge in [0.15, 0.2) is 5.13 Å². The number of anilines is 1. The van der Waals surface area contributed by atoms with Gasteiger partial charge in [-0.25, -0.2) is 17.8 Å². The second-order valence-corrected chi connectivity index (χ2v) is 6.19. The number of nitrogens with zero attached hydrogens (tertiary/aromatic N) is 1. The van der Waals surface area contributed by atoms with Gasteiger partial charge in [-0.3, -0.25) is 4.72 Å². The number of sulfonamides is 1. The highest BCUT2D eigenvalue weighted by Crippen LogP contribution is 2.29. The fourth-order valence-corrected chi connectivity index (χ4v) is 3.06. The Hall–Kier alpha value is -1.21. The highest BCUT2D eigenvalue weighted by molar-refractivity contribution is 7.92. The summed E-state index contributed by atoms with van der Waals surface area (Å²) in [6.07, 6.45) is 1.05. The van der Waals surface area contributed by atoms with E-state index >= 15 is 0 Å². The Kier molecular flexibility index (Phi) is 2.59. The maximum atomic E-state index is 13.2. The summed E-state index contributed by atoms with van der Waals surface area (Å²) in [5.41, 5.74) is 0.923. The molecule has 7 heteroatoms. The number of rotatable bonds is 2. The highest BCUT2D eigenvalue weighted by atomic mass is 32.2. The van der Waals surface area contributed by atoms with Crippen LogP contribution in [-0.4, -0.2) is 19.7 Å². The van der Waals surface area contributed by atoms with Gasteiger partial charge in [-0.1, -0.05) is 11.3 Å². The van der Waals surface area contributed by atoms with Gasteiger partial charge in [0, 0.05) is 5.56 Å². The van der Waals surface area contributed by atoms with Crippen molar-refractivity contribution >= 4 is 36.7 Å². The molecule has 86 valence electrons. The first-order valence-corrected chi connectivity index (χ1v) is 7.11. The Morgan fingerprint density at radius 3 is 2.75 bits per heavy atom. The topological polar surface area (TPSA) is 59.1 Å². The summed E-state index contributed by atoms with van der Waals surface area (Å²) in [4.78, 5) is 4.05. The number of aromatic nitrogens is 1. The van der Waals surface area contributed by atoms with E-state index in [0.717, 1.165) is 11.0 Å². The lowest BCUT2D eigenvalue weighted by atomic mass is 10.2. The zero-order chi connectivity index (χ0) is 11.9. The van der Waals surface area contributed by atoms with E-state index in [2.05, 4.69) is 9.71 Å². The smallest absolute Gasteiger partial charge is 0.231 e. The van der Waals surface area contributed by atoms with E-state index in [1.807, 2.05) is 0 Å². The quantitative estimate of drug-likeness (QED) is 0.899. The highest BCUT2D eigenvalue weighted by Gasteiger charge is 2.11. The molecule has 1 aromatic heterocycles. The van der Waals surface area contributed by atoms with Crippen LogP contribution in [0.1, 0.15) is 5.56 Å². The minimum atomic E-state index is -3.34. The molecule has 0 saturated carbocycles. The molecule has 0 saturated heterocycles. The van der Waals surface area contributed by atoms with Crippen molar-refractivity contribution in [2.75, 3.05) is 11.0 Å². The molecule has 0 atom stereocenters. The van der Waals surface area contributed by atoms with E-state index in [1.165, 1.54) is 17.4 Å². The van der Waals surface area contributed by atoms with Gasteiger partial charge in [-0.15, -0.1) is 0 Å². The van der Waals surface area contributed by atoms with Gasteiger partial charge < -0.3 is 0 Å². The van der Waals surface area contributed by atoms with Crippen LogP contribution in [0.25, 0.3) is 10.2 Å². The summed E-state index contributed by atoms with van der Waals surface area (Å²) in [5.74, 6) is -0.344. The first-order chi connectivity index (χ1) is 7.37. The molecule has 0 unspecified atom stereocenters. The van der Waals surface area contributed by atoms with Gasteiger partial charge in [0.1, 0.15) is 5.82 Å². The van der Waals surface area contributed by atoms with Crippen molar-refractivity contribution in [3.63, 3.8) is 0 Å². The van der Waals surface area contributed by atoms with E-state index < -0.39 is 10.0 Å². The number of hydrogen-bond donors (Lipinski definition) is 1. The maximum Gasteiger partial charge on any atom is 0.231 e. The lowest BCUT2D eigenvalue weighted by Gasteiger charge is -1.96. The van der Waals surface area contributed by atoms with Crippen LogP contribution >= 0.6 is 11.3 Å². The number of fused-ring (bicyclic) bond motifs is 1. The molecule has 0 amide bonds. The van der Waals surface area contributed by atoms with Crippen molar-refractivity contribution < 1.29 is 12.8 Å². The van der Waals surface area contributed by atoms with Crippen LogP contribution in [0, 0.1) is 12.7 Å². The number of thiazole rings is 1. The minimum Gasteiger partial charge on any atom is -0.259 e. The van der Waals surface area contributed by atoms with Crippen LogP contribution < -0.4 is 4.72 Å². The van der Waals surface area contributed by atoms with Crippen LogP contribution in [0.4, 0.5) is 9.52 Å². The van der Waals surface area contributed by atoms with Crippen LogP contribution in [0.5, 0.6) is 0 Å². The Bertz CT molecular complexity index is 649. The van der Waals surface area contributed by atoms with Crippen molar-refractivity contribution in [3.05, 3.63) is 23.5 Å². The monoisotopic (exact) mass is 260 g/mol. The Morgan fingerprint density at radius 2 is 2.12 bits per heavy atom. The summed E-state index contributed by atoms with van der Waals surface area (Å²) in [7, 11) is -3.34. The van der Waals surface area contributed by atoms with E-state index in [0.29, 0.717) is 11.1 Å². The fourth-order valence-electron chi connectivity index (χ4n) is 1.30. The molecule has 1 heterocycles. The summed E-state index contributed by atoms with van der Waals surface area (Å²) >= 11 is 1.18. The average molecular weight is 260 g/mol. The van der Waals surface area contributed by atoms with E-state index in [1.54, 1.807) is 13.0 Å². The number of nitrogens with one attached hydrogen (secondary N) is 1. The SMILES string of the molecule is Cc1c(F)ccc2sc(NS(C)(=O)=O)nc12. The van der Waals surface area contributed by atoms with Gasteiger partial charge in [0.2, 0.25) is 10.0 Å². The molecule has 0 aliphatic carbocycles. The molecule has 0 spiro atoms. The number of benzene rings is 1. The third kappa shape index (κ3) is 2.14. The fraction of sp³-hybridized carbons (Fsp3) is 0.222. The molecule has 1 N–H and O–H groups in total. The zero-order valence-corrected chi connectivity index (χ0v) is 10.2. The molecule has 2 aromatic rings. The molecule has 4 nitrogen and oxygen atoms in total. The maximum absolute atomic E-state index is 13.2. The summed E-state index contributed by atoms with van der Waals surface area (Å²) in [5, 5.41) is 0.256. The van der Waals surface area contributed by atoms with Gasteiger partial charge in [-0.05, 0) is 19.1 Å². The largest absolute Gasteiger partial charge is 0.259 e. The Balaban J connectivity index is 2.57. The third-order valence-electron chi connectivity index (χ3n) is 2.02. The Labute approximate surface area is 96.2 Å². The molecule has 0 aliphatic heterocycles. The third-order valence-corrected chi connectivity index (χ3v) is 3.65. The van der Waals surface area contributed by atoms with Crippen LogP contribution in [-0.2, 0) is 10.0 Å².